The van der Waals surface area contributed by atoms with Crippen LogP contribution in [0.5, 0.6) is 0 Å². The van der Waals surface area contributed by atoms with Crippen LogP contribution in [0.1, 0.15) is 44.2 Å². The van der Waals surface area contributed by atoms with Gasteiger partial charge >= 0.3 is 0 Å². The van der Waals surface area contributed by atoms with E-state index in [0.29, 0.717) is 13.2 Å². The molecule has 1 heterocycles. The minimum Gasteiger partial charge on any atom is -0.367 e. The molecule has 1 saturated carbocycles. The number of para-hydroxylation sites is 1. The van der Waals surface area contributed by atoms with E-state index in [2.05, 4.69) is 23.2 Å². The molecule has 1 fully saturated rings. The normalized spacial score (nSPS) is 18.5. The summed E-state index contributed by atoms with van der Waals surface area (Å²) in [6.45, 7) is 1.17. The third kappa shape index (κ3) is 3.42. The summed E-state index contributed by atoms with van der Waals surface area (Å²) in [4.78, 5) is 4.68. The molecular formula is C18H24N2O. The van der Waals surface area contributed by atoms with Crippen LogP contribution in [0.3, 0.4) is 0 Å². The summed E-state index contributed by atoms with van der Waals surface area (Å²) < 4.78 is 6.25. The lowest BCUT2D eigenvalue weighted by Gasteiger charge is -2.31. The second-order valence-electron chi connectivity index (χ2n) is 6.09. The highest BCUT2D eigenvalue weighted by Crippen LogP contribution is 2.30. The van der Waals surface area contributed by atoms with Crippen LogP contribution in [0, 0.1) is 0 Å². The molecule has 0 unspecified atom stereocenters. The Balaban J connectivity index is 1.72. The second kappa shape index (κ2) is 6.54. The lowest BCUT2D eigenvalue weighted by atomic mass is 9.94. The zero-order valence-corrected chi connectivity index (χ0v) is 12.6. The molecule has 0 saturated heterocycles. The largest absolute Gasteiger partial charge is 0.367 e. The van der Waals surface area contributed by atoms with Crippen molar-refractivity contribution in [1.82, 2.24) is 4.98 Å². The van der Waals surface area contributed by atoms with Crippen LogP contribution in [0.15, 0.2) is 36.4 Å². The Labute approximate surface area is 126 Å². The number of rotatable bonds is 4. The molecule has 112 valence electrons. The number of nitrogens with zero attached hydrogens (tertiary/aromatic N) is 1. The molecule has 1 aliphatic rings. The first-order valence-corrected chi connectivity index (χ1v) is 8.00. The van der Waals surface area contributed by atoms with Gasteiger partial charge in [0.15, 0.2) is 0 Å². The first-order chi connectivity index (χ1) is 10.3. The van der Waals surface area contributed by atoms with Crippen LogP contribution in [0.4, 0.5) is 0 Å². The minimum absolute atomic E-state index is 0.135. The average Bonchev–Trinajstić information content (AvgIpc) is 2.79. The molecule has 2 aromatic rings. The lowest BCUT2D eigenvalue weighted by Crippen LogP contribution is -2.40. The van der Waals surface area contributed by atoms with Crippen molar-refractivity contribution in [2.24, 2.45) is 5.73 Å². The van der Waals surface area contributed by atoms with Gasteiger partial charge in [-0.3, -0.25) is 4.98 Å². The molecule has 1 aliphatic carbocycles. The minimum atomic E-state index is -0.135. The van der Waals surface area contributed by atoms with Crippen molar-refractivity contribution < 1.29 is 4.74 Å². The predicted octanol–water partition coefficient (Wildman–Crippen LogP) is 3.80. The summed E-state index contributed by atoms with van der Waals surface area (Å²) in [6.07, 6.45) is 7.22. The number of benzene rings is 1. The van der Waals surface area contributed by atoms with Crippen LogP contribution in [0.2, 0.25) is 0 Å². The number of ether oxygens (including phenoxy) is 1. The van der Waals surface area contributed by atoms with Gasteiger partial charge < -0.3 is 10.5 Å². The molecule has 0 aliphatic heterocycles. The van der Waals surface area contributed by atoms with Gasteiger partial charge in [0.2, 0.25) is 0 Å². The molecule has 0 bridgehead atoms. The van der Waals surface area contributed by atoms with E-state index in [1.807, 2.05) is 18.2 Å². The maximum Gasteiger partial charge on any atom is 0.0896 e. The highest BCUT2D eigenvalue weighted by molar-refractivity contribution is 5.78. The van der Waals surface area contributed by atoms with E-state index in [0.717, 1.165) is 24.1 Å². The average molecular weight is 284 g/mol. The maximum absolute atomic E-state index is 6.25. The first kappa shape index (κ1) is 14.5. The molecule has 1 aromatic heterocycles. The van der Waals surface area contributed by atoms with Gasteiger partial charge in [-0.2, -0.15) is 0 Å². The fourth-order valence-electron chi connectivity index (χ4n) is 3.20. The van der Waals surface area contributed by atoms with E-state index in [-0.39, 0.29) is 5.60 Å². The molecule has 0 spiro atoms. The van der Waals surface area contributed by atoms with Gasteiger partial charge in [0.25, 0.3) is 0 Å². The van der Waals surface area contributed by atoms with Gasteiger partial charge in [-0.1, -0.05) is 49.9 Å². The van der Waals surface area contributed by atoms with Gasteiger partial charge in [-0.15, -0.1) is 0 Å². The van der Waals surface area contributed by atoms with Gasteiger partial charge in [0.1, 0.15) is 0 Å². The van der Waals surface area contributed by atoms with Crippen molar-refractivity contribution in [2.45, 2.75) is 50.7 Å². The smallest absolute Gasteiger partial charge is 0.0896 e. The molecule has 3 nitrogen and oxygen atoms in total. The Hall–Kier alpha value is -1.45. The fraction of sp³-hybridized carbons (Fsp3) is 0.500. The second-order valence-corrected chi connectivity index (χ2v) is 6.09. The quantitative estimate of drug-likeness (QED) is 0.869. The van der Waals surface area contributed by atoms with Gasteiger partial charge in [0.05, 0.1) is 23.4 Å². The van der Waals surface area contributed by atoms with E-state index in [4.69, 9.17) is 10.5 Å². The van der Waals surface area contributed by atoms with E-state index in [9.17, 15) is 0 Å². The van der Waals surface area contributed by atoms with Crippen LogP contribution in [0.25, 0.3) is 10.9 Å². The van der Waals surface area contributed by atoms with Crippen molar-refractivity contribution in [2.75, 3.05) is 6.54 Å². The highest BCUT2D eigenvalue weighted by atomic mass is 16.5. The van der Waals surface area contributed by atoms with Crippen molar-refractivity contribution in [3.05, 3.63) is 42.1 Å². The number of nitrogens with two attached hydrogens (primary N) is 1. The fourth-order valence-corrected chi connectivity index (χ4v) is 3.20. The SMILES string of the molecule is NCC1(OCc2ccc3ccccc3n2)CCCCCC1. The molecular weight excluding hydrogens is 260 g/mol. The topological polar surface area (TPSA) is 48.1 Å². The Morgan fingerprint density at radius 2 is 1.76 bits per heavy atom. The summed E-state index contributed by atoms with van der Waals surface area (Å²) in [5, 5.41) is 1.17. The van der Waals surface area contributed by atoms with E-state index in [1.165, 1.54) is 31.1 Å². The highest BCUT2D eigenvalue weighted by Gasteiger charge is 2.30. The summed E-state index contributed by atoms with van der Waals surface area (Å²) in [5.74, 6) is 0. The number of hydrogen-bond donors (Lipinski definition) is 1. The summed E-state index contributed by atoms with van der Waals surface area (Å²) in [5.41, 5.74) is 7.90. The Bertz CT molecular complexity index is 589. The van der Waals surface area contributed by atoms with Crippen LogP contribution >= 0.6 is 0 Å². The summed E-state index contributed by atoms with van der Waals surface area (Å²) in [7, 11) is 0. The Kier molecular flexibility index (Phi) is 4.51. The van der Waals surface area contributed by atoms with Crippen molar-refractivity contribution in [1.29, 1.82) is 0 Å². The van der Waals surface area contributed by atoms with Crippen molar-refractivity contribution in [3.63, 3.8) is 0 Å². The number of aromatic nitrogens is 1. The van der Waals surface area contributed by atoms with Gasteiger partial charge in [0, 0.05) is 11.9 Å². The number of hydrogen-bond acceptors (Lipinski definition) is 3. The summed E-state index contributed by atoms with van der Waals surface area (Å²) in [6, 6.07) is 12.4. The Morgan fingerprint density at radius 1 is 1.00 bits per heavy atom. The Morgan fingerprint density at radius 3 is 2.52 bits per heavy atom. The zero-order valence-electron chi connectivity index (χ0n) is 12.6. The molecule has 2 N–H and O–H groups in total. The van der Waals surface area contributed by atoms with Gasteiger partial charge in [-0.25, -0.2) is 0 Å². The third-order valence-corrected chi connectivity index (χ3v) is 4.57. The zero-order chi connectivity index (χ0) is 14.5. The molecule has 3 heteroatoms. The molecule has 0 amide bonds. The van der Waals surface area contributed by atoms with Crippen molar-refractivity contribution >= 4 is 10.9 Å². The predicted molar refractivity (Wildman–Crippen MR) is 86.0 cm³/mol. The van der Waals surface area contributed by atoms with Crippen molar-refractivity contribution in [3.8, 4) is 0 Å². The lowest BCUT2D eigenvalue weighted by molar-refractivity contribution is -0.0613. The molecule has 1 aromatic carbocycles. The monoisotopic (exact) mass is 284 g/mol. The number of pyridine rings is 1. The van der Waals surface area contributed by atoms with Crippen LogP contribution in [-0.2, 0) is 11.3 Å². The van der Waals surface area contributed by atoms with E-state index in [1.54, 1.807) is 0 Å². The summed E-state index contributed by atoms with van der Waals surface area (Å²) >= 11 is 0. The number of fused-ring (bicyclic) bond motifs is 1. The third-order valence-electron chi connectivity index (χ3n) is 4.57. The van der Waals surface area contributed by atoms with E-state index < -0.39 is 0 Å². The van der Waals surface area contributed by atoms with E-state index >= 15 is 0 Å². The maximum atomic E-state index is 6.25. The molecule has 3 rings (SSSR count). The van der Waals surface area contributed by atoms with Crippen LogP contribution in [-0.4, -0.2) is 17.1 Å². The molecule has 0 radical (unpaired) electrons. The molecule has 21 heavy (non-hydrogen) atoms. The van der Waals surface area contributed by atoms with Gasteiger partial charge in [-0.05, 0) is 25.0 Å². The van der Waals surface area contributed by atoms with Crippen LogP contribution < -0.4 is 5.73 Å². The standard InChI is InChI=1S/C18H24N2O/c19-14-18(11-5-1-2-6-12-18)21-13-16-10-9-15-7-3-4-8-17(15)20-16/h3-4,7-10H,1-2,5-6,11-14,19H2. The molecule has 0 atom stereocenters. The first-order valence-electron chi connectivity index (χ1n) is 8.00.